The molecule has 3 atom stereocenters. The predicted octanol–water partition coefficient (Wildman–Crippen LogP) is 2.20. The molecule has 0 bridgehead atoms. The Hall–Kier alpha value is -2.34. The summed E-state index contributed by atoms with van der Waals surface area (Å²) in [5.74, 6) is -1.08. The molecule has 2 fully saturated rings. The van der Waals surface area contributed by atoms with Gasteiger partial charge in [0.05, 0.1) is 12.1 Å². The summed E-state index contributed by atoms with van der Waals surface area (Å²) in [6.45, 7) is 6.74. The second-order valence-corrected chi connectivity index (χ2v) is 6.20. The molecule has 0 aromatic heterocycles. The highest BCUT2D eigenvalue weighted by atomic mass is 16.6. The van der Waals surface area contributed by atoms with Crippen LogP contribution >= 0.6 is 0 Å². The minimum atomic E-state index is -0.676. The van der Waals surface area contributed by atoms with Gasteiger partial charge in [0.25, 0.3) is 0 Å². The van der Waals surface area contributed by atoms with Crippen LogP contribution in [-0.4, -0.2) is 31.3 Å². The van der Waals surface area contributed by atoms with Crippen molar-refractivity contribution in [2.24, 2.45) is 5.92 Å². The lowest BCUT2D eigenvalue weighted by Gasteiger charge is -2.34. The molecule has 2 heterocycles. The number of carbonyl (C=O) groups excluding carboxylic acids is 2. The van der Waals surface area contributed by atoms with Crippen LogP contribution in [0.1, 0.15) is 30.0 Å². The van der Waals surface area contributed by atoms with Crippen LogP contribution in [0.3, 0.4) is 0 Å². The van der Waals surface area contributed by atoms with E-state index < -0.39 is 17.9 Å². The fourth-order valence-electron chi connectivity index (χ4n) is 3.20. The Bertz CT molecular complexity index is 652. The zero-order valence-electron chi connectivity index (χ0n) is 13.7. The van der Waals surface area contributed by atoms with Gasteiger partial charge in [-0.1, -0.05) is 30.8 Å². The minimum absolute atomic E-state index is 0.0368. The third kappa shape index (κ3) is 3.43. The number of benzene rings is 1. The molecule has 0 spiro atoms. The number of amides is 2. The maximum absolute atomic E-state index is 12.6. The van der Waals surface area contributed by atoms with Crippen molar-refractivity contribution in [3.63, 3.8) is 0 Å². The minimum Gasteiger partial charge on any atom is -0.462 e. The summed E-state index contributed by atoms with van der Waals surface area (Å²) in [6.07, 6.45) is 1.85. The van der Waals surface area contributed by atoms with Gasteiger partial charge in [-0.3, -0.25) is 4.79 Å². The molecule has 0 saturated carbocycles. The summed E-state index contributed by atoms with van der Waals surface area (Å²) < 4.78 is 10.9. The fourth-order valence-corrected chi connectivity index (χ4v) is 3.20. The molecule has 0 radical (unpaired) electrons. The first kappa shape index (κ1) is 16.5. The first-order valence-corrected chi connectivity index (χ1v) is 8.16. The zero-order chi connectivity index (χ0) is 17.1. The van der Waals surface area contributed by atoms with Gasteiger partial charge in [0.15, 0.2) is 0 Å². The molecular formula is C18H22N2O4. The van der Waals surface area contributed by atoms with Crippen LogP contribution in [0, 0.1) is 12.8 Å². The molecule has 3 rings (SSSR count). The van der Waals surface area contributed by atoms with E-state index in [0.717, 1.165) is 24.0 Å². The molecule has 2 aliphatic rings. The summed E-state index contributed by atoms with van der Waals surface area (Å²) in [5.41, 5.74) is 2.23. The van der Waals surface area contributed by atoms with Crippen LogP contribution in [0.5, 0.6) is 0 Å². The SMILES string of the molecule is C=C1NC(=O)NC(c2ccccc2C)C1C(=O)OCC1CCCO1. The van der Waals surface area contributed by atoms with Crippen LogP contribution in [0.4, 0.5) is 4.79 Å². The summed E-state index contributed by atoms with van der Waals surface area (Å²) in [7, 11) is 0. The van der Waals surface area contributed by atoms with Crippen LogP contribution in [-0.2, 0) is 14.3 Å². The largest absolute Gasteiger partial charge is 0.462 e. The molecule has 0 aliphatic carbocycles. The third-order valence-electron chi connectivity index (χ3n) is 4.48. The number of urea groups is 1. The molecule has 128 valence electrons. The molecule has 1 aromatic carbocycles. The van der Waals surface area contributed by atoms with E-state index in [0.29, 0.717) is 12.3 Å². The number of hydrogen-bond acceptors (Lipinski definition) is 4. The van der Waals surface area contributed by atoms with Gasteiger partial charge in [-0.05, 0) is 30.9 Å². The Morgan fingerprint density at radius 3 is 2.92 bits per heavy atom. The van der Waals surface area contributed by atoms with Gasteiger partial charge in [0.2, 0.25) is 0 Å². The van der Waals surface area contributed by atoms with E-state index in [2.05, 4.69) is 17.2 Å². The number of nitrogens with one attached hydrogen (secondary N) is 2. The van der Waals surface area contributed by atoms with Gasteiger partial charge >= 0.3 is 12.0 Å². The molecule has 2 saturated heterocycles. The summed E-state index contributed by atoms with van der Waals surface area (Å²) in [4.78, 5) is 24.5. The zero-order valence-corrected chi connectivity index (χ0v) is 13.7. The first-order chi connectivity index (χ1) is 11.6. The van der Waals surface area contributed by atoms with Gasteiger partial charge in [0.1, 0.15) is 12.5 Å². The smallest absolute Gasteiger partial charge is 0.319 e. The molecule has 2 N–H and O–H groups in total. The Kier molecular flexibility index (Phi) is 4.85. The van der Waals surface area contributed by atoms with Crippen molar-refractivity contribution in [3.8, 4) is 0 Å². The molecule has 2 aliphatic heterocycles. The first-order valence-electron chi connectivity index (χ1n) is 8.16. The van der Waals surface area contributed by atoms with E-state index in [1.54, 1.807) is 0 Å². The third-order valence-corrected chi connectivity index (χ3v) is 4.48. The predicted molar refractivity (Wildman–Crippen MR) is 88.2 cm³/mol. The molecule has 1 aromatic rings. The van der Waals surface area contributed by atoms with Crippen LogP contribution in [0.2, 0.25) is 0 Å². The van der Waals surface area contributed by atoms with Crippen molar-refractivity contribution in [2.75, 3.05) is 13.2 Å². The highest BCUT2D eigenvalue weighted by Crippen LogP contribution is 2.32. The van der Waals surface area contributed by atoms with Crippen molar-refractivity contribution in [2.45, 2.75) is 31.9 Å². The molecule has 2 amide bonds. The van der Waals surface area contributed by atoms with Gasteiger partial charge in [0, 0.05) is 12.3 Å². The van der Waals surface area contributed by atoms with Crippen LogP contribution < -0.4 is 10.6 Å². The number of hydrogen-bond donors (Lipinski definition) is 2. The Labute approximate surface area is 141 Å². The lowest BCUT2D eigenvalue weighted by atomic mass is 9.87. The van der Waals surface area contributed by atoms with Crippen molar-refractivity contribution in [1.82, 2.24) is 10.6 Å². The average molecular weight is 330 g/mol. The van der Waals surface area contributed by atoms with E-state index in [9.17, 15) is 9.59 Å². The summed E-state index contributed by atoms with van der Waals surface area (Å²) in [5, 5.41) is 5.40. The van der Waals surface area contributed by atoms with Gasteiger partial charge < -0.3 is 20.1 Å². The average Bonchev–Trinajstić information content (AvgIpc) is 3.06. The molecule has 6 heteroatoms. The Balaban J connectivity index is 1.78. The Morgan fingerprint density at radius 1 is 1.42 bits per heavy atom. The van der Waals surface area contributed by atoms with E-state index in [1.165, 1.54) is 0 Å². The number of ether oxygens (including phenoxy) is 2. The highest BCUT2D eigenvalue weighted by Gasteiger charge is 2.39. The van der Waals surface area contributed by atoms with Gasteiger partial charge in [-0.2, -0.15) is 0 Å². The standard InChI is InChI=1S/C18H22N2O4/c1-11-6-3-4-8-14(11)16-15(12(2)19-18(22)20-16)17(21)24-10-13-7-5-9-23-13/h3-4,6,8,13,15-16H,2,5,7,9-10H2,1H3,(H2,19,20,22). The molecular weight excluding hydrogens is 308 g/mol. The summed E-state index contributed by atoms with van der Waals surface area (Å²) in [6, 6.07) is 6.79. The fraction of sp³-hybridized carbons (Fsp3) is 0.444. The van der Waals surface area contributed by atoms with Crippen molar-refractivity contribution >= 4 is 12.0 Å². The molecule has 3 unspecified atom stereocenters. The number of esters is 1. The van der Waals surface area contributed by atoms with Crippen LogP contribution in [0.15, 0.2) is 36.5 Å². The van der Waals surface area contributed by atoms with Crippen molar-refractivity contribution in [3.05, 3.63) is 47.7 Å². The summed E-state index contributed by atoms with van der Waals surface area (Å²) >= 11 is 0. The van der Waals surface area contributed by atoms with Gasteiger partial charge in [-0.25, -0.2) is 4.79 Å². The van der Waals surface area contributed by atoms with Crippen molar-refractivity contribution < 1.29 is 19.1 Å². The number of rotatable bonds is 4. The monoisotopic (exact) mass is 330 g/mol. The topological polar surface area (TPSA) is 76.7 Å². The maximum Gasteiger partial charge on any atom is 0.319 e. The quantitative estimate of drug-likeness (QED) is 0.830. The van der Waals surface area contributed by atoms with Crippen molar-refractivity contribution in [1.29, 1.82) is 0 Å². The van der Waals surface area contributed by atoms with Gasteiger partial charge in [-0.15, -0.1) is 0 Å². The highest BCUT2D eigenvalue weighted by molar-refractivity contribution is 5.85. The normalized spacial score (nSPS) is 26.6. The lowest BCUT2D eigenvalue weighted by molar-refractivity contribution is -0.151. The number of carbonyl (C=O) groups is 2. The van der Waals surface area contributed by atoms with E-state index >= 15 is 0 Å². The second-order valence-electron chi connectivity index (χ2n) is 6.20. The van der Waals surface area contributed by atoms with E-state index in [-0.39, 0.29) is 18.7 Å². The lowest BCUT2D eigenvalue weighted by Crippen LogP contribution is -2.51. The van der Waals surface area contributed by atoms with Crippen LogP contribution in [0.25, 0.3) is 0 Å². The molecule has 24 heavy (non-hydrogen) atoms. The van der Waals surface area contributed by atoms with E-state index in [1.807, 2.05) is 31.2 Å². The number of aryl methyl sites for hydroxylation is 1. The Morgan fingerprint density at radius 2 is 2.21 bits per heavy atom. The second kappa shape index (κ2) is 7.05. The maximum atomic E-state index is 12.6. The molecule has 6 nitrogen and oxygen atoms in total. The van der Waals surface area contributed by atoms with E-state index in [4.69, 9.17) is 9.47 Å².